The molecule has 0 atom stereocenters. The first-order valence-electron chi connectivity index (χ1n) is 8.03. The molecule has 25 heavy (non-hydrogen) atoms. The van der Waals surface area contributed by atoms with Gasteiger partial charge in [-0.15, -0.1) is 0 Å². The van der Waals surface area contributed by atoms with E-state index in [2.05, 4.69) is 15.3 Å². The Morgan fingerprint density at radius 3 is 2.52 bits per heavy atom. The quantitative estimate of drug-likeness (QED) is 0.724. The van der Waals surface area contributed by atoms with Crippen LogP contribution < -0.4 is 11.1 Å². The number of aryl methyl sites for hydroxylation is 1. The Labute approximate surface area is 145 Å². The number of aromatic nitrogens is 2. The summed E-state index contributed by atoms with van der Waals surface area (Å²) in [4.78, 5) is 32.1. The molecule has 6 nitrogen and oxygen atoms in total. The largest absolute Gasteiger partial charge is 0.366 e. The average Bonchev–Trinajstić information content (AvgIpc) is 2.62. The lowest BCUT2D eigenvalue weighted by Gasteiger charge is -2.07. The Kier molecular flexibility index (Phi) is 4.99. The molecule has 0 saturated carbocycles. The highest BCUT2D eigenvalue weighted by atomic mass is 16.2. The summed E-state index contributed by atoms with van der Waals surface area (Å²) in [7, 11) is 0. The van der Waals surface area contributed by atoms with Gasteiger partial charge in [0, 0.05) is 12.0 Å². The third kappa shape index (κ3) is 4.17. The van der Waals surface area contributed by atoms with Crippen molar-refractivity contribution < 1.29 is 9.59 Å². The van der Waals surface area contributed by atoms with Crippen LogP contribution in [0.15, 0.2) is 54.7 Å². The molecule has 0 spiro atoms. The first-order valence-corrected chi connectivity index (χ1v) is 8.03. The SMILES string of the molecule is NC(=O)c1ccccc1CCCC(=O)Nc1cnc2ccccc2n1. The van der Waals surface area contributed by atoms with Gasteiger partial charge in [-0.1, -0.05) is 30.3 Å². The highest BCUT2D eigenvalue weighted by Crippen LogP contribution is 2.14. The molecule has 0 bridgehead atoms. The van der Waals surface area contributed by atoms with Crippen LogP contribution in [-0.4, -0.2) is 21.8 Å². The van der Waals surface area contributed by atoms with Crippen molar-refractivity contribution in [1.82, 2.24) is 9.97 Å². The third-order valence-electron chi connectivity index (χ3n) is 3.85. The smallest absolute Gasteiger partial charge is 0.248 e. The van der Waals surface area contributed by atoms with Crippen LogP contribution in [0.5, 0.6) is 0 Å². The van der Waals surface area contributed by atoms with Gasteiger partial charge in [0.2, 0.25) is 11.8 Å². The van der Waals surface area contributed by atoms with Gasteiger partial charge in [-0.25, -0.2) is 4.98 Å². The molecule has 2 amide bonds. The Morgan fingerprint density at radius 1 is 1.00 bits per heavy atom. The minimum atomic E-state index is -0.452. The fourth-order valence-electron chi connectivity index (χ4n) is 2.64. The molecule has 0 saturated heterocycles. The monoisotopic (exact) mass is 334 g/mol. The maximum atomic E-state index is 12.1. The second-order valence-corrected chi connectivity index (χ2v) is 5.67. The van der Waals surface area contributed by atoms with Gasteiger partial charge in [0.05, 0.1) is 17.2 Å². The van der Waals surface area contributed by atoms with Crippen LogP contribution in [-0.2, 0) is 11.2 Å². The summed E-state index contributed by atoms with van der Waals surface area (Å²) in [5.74, 6) is -0.158. The predicted octanol–water partition coefficient (Wildman–Crippen LogP) is 2.69. The highest BCUT2D eigenvalue weighted by Gasteiger charge is 2.09. The highest BCUT2D eigenvalue weighted by molar-refractivity contribution is 5.94. The molecule has 0 aliphatic rings. The standard InChI is InChI=1S/C19H18N4O2/c20-19(25)14-8-2-1-6-13(14)7-5-11-18(24)23-17-12-21-15-9-3-4-10-16(15)22-17/h1-4,6,8-10,12H,5,7,11H2,(H2,20,25)(H,22,23,24). The number of fused-ring (bicyclic) bond motifs is 1. The summed E-state index contributed by atoms with van der Waals surface area (Å²) in [6.07, 6.45) is 3.08. The molecule has 2 aromatic carbocycles. The molecule has 0 aliphatic carbocycles. The number of hydrogen-bond donors (Lipinski definition) is 2. The number of nitrogens with zero attached hydrogens (tertiary/aromatic N) is 2. The molecule has 6 heteroatoms. The Balaban J connectivity index is 1.57. The summed E-state index contributed by atoms with van der Waals surface area (Å²) in [5, 5.41) is 2.75. The van der Waals surface area contributed by atoms with Crippen LogP contribution >= 0.6 is 0 Å². The summed E-state index contributed by atoms with van der Waals surface area (Å²) in [5.41, 5.74) is 8.23. The van der Waals surface area contributed by atoms with Crippen LogP contribution in [0.1, 0.15) is 28.8 Å². The van der Waals surface area contributed by atoms with Crippen molar-refractivity contribution in [2.75, 3.05) is 5.32 Å². The van der Waals surface area contributed by atoms with Crippen LogP contribution in [0.4, 0.5) is 5.82 Å². The maximum absolute atomic E-state index is 12.1. The lowest BCUT2D eigenvalue weighted by molar-refractivity contribution is -0.116. The molecule has 0 unspecified atom stereocenters. The number of benzene rings is 2. The van der Waals surface area contributed by atoms with Gasteiger partial charge in [-0.05, 0) is 36.6 Å². The third-order valence-corrected chi connectivity index (χ3v) is 3.85. The molecule has 1 heterocycles. The van der Waals surface area contributed by atoms with Crippen molar-refractivity contribution in [3.63, 3.8) is 0 Å². The Hall–Kier alpha value is -3.28. The molecule has 3 rings (SSSR count). The van der Waals surface area contributed by atoms with E-state index in [-0.39, 0.29) is 5.91 Å². The number of carbonyl (C=O) groups is 2. The molecule has 0 aliphatic heterocycles. The van der Waals surface area contributed by atoms with E-state index in [4.69, 9.17) is 5.73 Å². The van der Waals surface area contributed by atoms with E-state index in [1.54, 1.807) is 18.3 Å². The summed E-state index contributed by atoms with van der Waals surface area (Å²) in [6.45, 7) is 0. The minimum Gasteiger partial charge on any atom is -0.366 e. The zero-order valence-corrected chi connectivity index (χ0v) is 13.6. The van der Waals surface area contributed by atoms with Crippen LogP contribution in [0.3, 0.4) is 0 Å². The minimum absolute atomic E-state index is 0.138. The van der Waals surface area contributed by atoms with E-state index >= 15 is 0 Å². The van der Waals surface area contributed by atoms with E-state index in [1.807, 2.05) is 36.4 Å². The Morgan fingerprint density at radius 2 is 1.72 bits per heavy atom. The van der Waals surface area contributed by atoms with Crippen LogP contribution in [0, 0.1) is 0 Å². The molecule has 3 aromatic rings. The Bertz CT molecular complexity index is 924. The van der Waals surface area contributed by atoms with Crippen molar-refractivity contribution in [2.24, 2.45) is 5.73 Å². The second-order valence-electron chi connectivity index (χ2n) is 5.67. The van der Waals surface area contributed by atoms with E-state index in [0.717, 1.165) is 16.6 Å². The first-order chi connectivity index (χ1) is 12.1. The number of hydrogen-bond acceptors (Lipinski definition) is 4. The second kappa shape index (κ2) is 7.53. The number of nitrogens with two attached hydrogens (primary N) is 1. The van der Waals surface area contributed by atoms with Crippen molar-refractivity contribution >= 4 is 28.7 Å². The number of nitrogens with one attached hydrogen (secondary N) is 1. The number of amides is 2. The van der Waals surface area contributed by atoms with Crippen molar-refractivity contribution in [1.29, 1.82) is 0 Å². The van der Waals surface area contributed by atoms with Crippen molar-refractivity contribution in [3.05, 3.63) is 65.9 Å². The summed E-state index contributed by atoms with van der Waals surface area (Å²) < 4.78 is 0. The fraction of sp³-hybridized carbons (Fsp3) is 0.158. The predicted molar refractivity (Wildman–Crippen MR) is 96.1 cm³/mol. The maximum Gasteiger partial charge on any atom is 0.248 e. The summed E-state index contributed by atoms with van der Waals surface area (Å²) in [6, 6.07) is 14.7. The molecular formula is C19H18N4O2. The van der Waals surface area contributed by atoms with Crippen molar-refractivity contribution in [3.8, 4) is 0 Å². The topological polar surface area (TPSA) is 98.0 Å². The van der Waals surface area contributed by atoms with E-state index < -0.39 is 5.91 Å². The normalized spacial score (nSPS) is 10.6. The number of primary amides is 1. The van der Waals surface area contributed by atoms with Crippen LogP contribution in [0.2, 0.25) is 0 Å². The number of carbonyl (C=O) groups excluding carboxylic acids is 2. The molecular weight excluding hydrogens is 316 g/mol. The first kappa shape index (κ1) is 16.6. The zero-order chi connectivity index (χ0) is 17.6. The van der Waals surface area contributed by atoms with E-state index in [9.17, 15) is 9.59 Å². The van der Waals surface area contributed by atoms with Gasteiger partial charge in [0.15, 0.2) is 5.82 Å². The van der Waals surface area contributed by atoms with Crippen LogP contribution in [0.25, 0.3) is 11.0 Å². The van der Waals surface area contributed by atoms with Crippen molar-refractivity contribution in [2.45, 2.75) is 19.3 Å². The van der Waals surface area contributed by atoms with Gasteiger partial charge < -0.3 is 11.1 Å². The van der Waals surface area contributed by atoms with Gasteiger partial charge in [0.1, 0.15) is 0 Å². The zero-order valence-electron chi connectivity index (χ0n) is 13.6. The molecule has 0 fully saturated rings. The lowest BCUT2D eigenvalue weighted by Crippen LogP contribution is -2.15. The number of para-hydroxylation sites is 2. The van der Waals surface area contributed by atoms with Gasteiger partial charge in [0.25, 0.3) is 0 Å². The van der Waals surface area contributed by atoms with E-state index in [0.29, 0.717) is 30.6 Å². The average molecular weight is 334 g/mol. The molecule has 0 radical (unpaired) electrons. The molecule has 126 valence electrons. The lowest BCUT2D eigenvalue weighted by atomic mass is 10.0. The molecule has 3 N–H and O–H groups in total. The molecule has 1 aromatic heterocycles. The van der Waals surface area contributed by atoms with Gasteiger partial charge in [-0.2, -0.15) is 0 Å². The number of rotatable bonds is 6. The number of anilines is 1. The summed E-state index contributed by atoms with van der Waals surface area (Å²) >= 11 is 0. The van der Waals surface area contributed by atoms with Gasteiger partial charge in [-0.3, -0.25) is 14.6 Å². The van der Waals surface area contributed by atoms with Gasteiger partial charge >= 0.3 is 0 Å². The van der Waals surface area contributed by atoms with E-state index in [1.165, 1.54) is 0 Å². The fourth-order valence-corrected chi connectivity index (χ4v) is 2.64.